The summed E-state index contributed by atoms with van der Waals surface area (Å²) in [6.45, 7) is 2.91. The summed E-state index contributed by atoms with van der Waals surface area (Å²) in [5, 5.41) is 0. The topological polar surface area (TPSA) is 30.9 Å². The van der Waals surface area contributed by atoms with E-state index in [9.17, 15) is 0 Å². The van der Waals surface area contributed by atoms with Gasteiger partial charge in [-0.15, -0.1) is 0 Å². The Hall–Kier alpha value is -0.760. The standard InChI is InChI=1S/C7H12N2/c1-7(8)6-9-4-2-3-5-9/h2-5,7H,6,8H2,1H3. The van der Waals surface area contributed by atoms with Crippen molar-refractivity contribution in [2.45, 2.75) is 19.5 Å². The molecule has 1 rings (SSSR count). The minimum absolute atomic E-state index is 0.248. The summed E-state index contributed by atoms with van der Waals surface area (Å²) in [6.07, 6.45) is 4.03. The van der Waals surface area contributed by atoms with Crippen LogP contribution in [0.25, 0.3) is 0 Å². The average molecular weight is 124 g/mol. The molecule has 9 heavy (non-hydrogen) atoms. The summed E-state index contributed by atoms with van der Waals surface area (Å²) in [6, 6.07) is 4.25. The molecule has 0 aromatic carbocycles. The summed E-state index contributed by atoms with van der Waals surface area (Å²) < 4.78 is 2.07. The second-order valence-corrected chi connectivity index (χ2v) is 2.36. The van der Waals surface area contributed by atoms with Crippen molar-refractivity contribution in [1.82, 2.24) is 4.57 Å². The Balaban J connectivity index is 2.48. The normalized spacial score (nSPS) is 13.6. The molecule has 0 aliphatic carbocycles. The molecule has 0 radical (unpaired) electrons. The van der Waals surface area contributed by atoms with Crippen molar-refractivity contribution >= 4 is 0 Å². The van der Waals surface area contributed by atoms with E-state index in [1.807, 2.05) is 31.5 Å². The van der Waals surface area contributed by atoms with Gasteiger partial charge in [0, 0.05) is 25.0 Å². The molecule has 0 spiro atoms. The summed E-state index contributed by atoms with van der Waals surface area (Å²) >= 11 is 0. The van der Waals surface area contributed by atoms with Crippen LogP contribution in [0.3, 0.4) is 0 Å². The number of hydrogen-bond donors (Lipinski definition) is 1. The van der Waals surface area contributed by atoms with E-state index in [0.29, 0.717) is 0 Å². The smallest absolute Gasteiger partial charge is 0.0368 e. The minimum atomic E-state index is 0.248. The highest BCUT2D eigenvalue weighted by Gasteiger charge is 1.91. The maximum absolute atomic E-state index is 5.56. The van der Waals surface area contributed by atoms with Gasteiger partial charge in [-0.05, 0) is 19.1 Å². The maximum Gasteiger partial charge on any atom is 0.0368 e. The fourth-order valence-corrected chi connectivity index (χ4v) is 0.824. The van der Waals surface area contributed by atoms with Crippen LogP contribution in [0.5, 0.6) is 0 Å². The predicted octanol–water partition coefficient (Wildman–Crippen LogP) is 0.835. The molecule has 2 N–H and O–H groups in total. The van der Waals surface area contributed by atoms with E-state index in [-0.39, 0.29) is 6.04 Å². The van der Waals surface area contributed by atoms with Gasteiger partial charge in [0.1, 0.15) is 0 Å². The van der Waals surface area contributed by atoms with Crippen LogP contribution in [0.4, 0.5) is 0 Å². The Kier molecular flexibility index (Phi) is 1.90. The Bertz CT molecular complexity index is 153. The molecule has 1 unspecified atom stereocenters. The Morgan fingerprint density at radius 2 is 2.00 bits per heavy atom. The van der Waals surface area contributed by atoms with Crippen molar-refractivity contribution in [2.24, 2.45) is 5.73 Å². The second-order valence-electron chi connectivity index (χ2n) is 2.36. The van der Waals surface area contributed by atoms with Gasteiger partial charge in [-0.25, -0.2) is 0 Å². The molecule has 1 heterocycles. The largest absolute Gasteiger partial charge is 0.353 e. The van der Waals surface area contributed by atoms with Crippen molar-refractivity contribution in [3.05, 3.63) is 24.5 Å². The SMILES string of the molecule is CC(N)Cn1cccc1. The van der Waals surface area contributed by atoms with Crippen LogP contribution >= 0.6 is 0 Å². The van der Waals surface area contributed by atoms with E-state index in [4.69, 9.17) is 5.73 Å². The van der Waals surface area contributed by atoms with E-state index in [1.165, 1.54) is 0 Å². The van der Waals surface area contributed by atoms with E-state index < -0.39 is 0 Å². The number of rotatable bonds is 2. The first-order chi connectivity index (χ1) is 4.29. The molecule has 0 amide bonds. The fraction of sp³-hybridized carbons (Fsp3) is 0.429. The quantitative estimate of drug-likeness (QED) is 0.622. The molecular formula is C7H12N2. The van der Waals surface area contributed by atoms with Crippen LogP contribution in [-0.2, 0) is 6.54 Å². The zero-order chi connectivity index (χ0) is 6.69. The van der Waals surface area contributed by atoms with Gasteiger partial charge in [0.05, 0.1) is 0 Å². The predicted molar refractivity (Wildman–Crippen MR) is 38.1 cm³/mol. The van der Waals surface area contributed by atoms with Crippen LogP contribution in [-0.4, -0.2) is 10.6 Å². The van der Waals surface area contributed by atoms with Gasteiger partial charge in [-0.2, -0.15) is 0 Å². The van der Waals surface area contributed by atoms with E-state index >= 15 is 0 Å². The first-order valence-electron chi connectivity index (χ1n) is 3.15. The average Bonchev–Trinajstić information content (AvgIpc) is 2.15. The molecule has 0 saturated carbocycles. The summed E-state index contributed by atoms with van der Waals surface area (Å²) in [5.41, 5.74) is 5.56. The minimum Gasteiger partial charge on any atom is -0.353 e. The van der Waals surface area contributed by atoms with Crippen LogP contribution in [0.2, 0.25) is 0 Å². The van der Waals surface area contributed by atoms with Crippen molar-refractivity contribution in [2.75, 3.05) is 0 Å². The highest BCUT2D eigenvalue weighted by molar-refractivity contribution is 4.90. The fourth-order valence-electron chi connectivity index (χ4n) is 0.824. The molecule has 2 nitrogen and oxygen atoms in total. The first kappa shape index (κ1) is 6.36. The molecule has 1 atom stereocenters. The molecule has 0 saturated heterocycles. The highest BCUT2D eigenvalue weighted by Crippen LogP contribution is 1.90. The van der Waals surface area contributed by atoms with Gasteiger partial charge in [0.25, 0.3) is 0 Å². The van der Waals surface area contributed by atoms with Crippen molar-refractivity contribution in [3.8, 4) is 0 Å². The molecule has 0 aliphatic rings. The Labute approximate surface area is 55.3 Å². The summed E-state index contributed by atoms with van der Waals surface area (Å²) in [4.78, 5) is 0. The second kappa shape index (κ2) is 2.69. The molecular weight excluding hydrogens is 112 g/mol. The molecule has 1 aromatic rings. The lowest BCUT2D eigenvalue weighted by Crippen LogP contribution is -2.21. The van der Waals surface area contributed by atoms with Gasteiger partial charge >= 0.3 is 0 Å². The molecule has 1 aromatic heterocycles. The van der Waals surface area contributed by atoms with Crippen LogP contribution < -0.4 is 5.73 Å². The first-order valence-corrected chi connectivity index (χ1v) is 3.15. The molecule has 0 bridgehead atoms. The lowest BCUT2D eigenvalue weighted by Gasteiger charge is -2.04. The number of aromatic nitrogens is 1. The van der Waals surface area contributed by atoms with E-state index in [1.54, 1.807) is 0 Å². The third kappa shape index (κ3) is 1.90. The third-order valence-electron chi connectivity index (χ3n) is 1.16. The zero-order valence-corrected chi connectivity index (χ0v) is 5.62. The monoisotopic (exact) mass is 124 g/mol. The van der Waals surface area contributed by atoms with Crippen LogP contribution in [0.15, 0.2) is 24.5 Å². The van der Waals surface area contributed by atoms with Crippen molar-refractivity contribution in [1.29, 1.82) is 0 Å². The van der Waals surface area contributed by atoms with E-state index in [0.717, 1.165) is 6.54 Å². The third-order valence-corrected chi connectivity index (χ3v) is 1.16. The lowest BCUT2D eigenvalue weighted by molar-refractivity contribution is 0.592. The number of hydrogen-bond acceptors (Lipinski definition) is 1. The van der Waals surface area contributed by atoms with Crippen molar-refractivity contribution in [3.63, 3.8) is 0 Å². The van der Waals surface area contributed by atoms with Gasteiger partial charge in [0.15, 0.2) is 0 Å². The Morgan fingerprint density at radius 3 is 2.44 bits per heavy atom. The lowest BCUT2D eigenvalue weighted by atomic mass is 10.4. The van der Waals surface area contributed by atoms with Gasteiger partial charge in [-0.1, -0.05) is 0 Å². The van der Waals surface area contributed by atoms with Crippen LogP contribution in [0.1, 0.15) is 6.92 Å². The molecule has 0 fully saturated rings. The molecule has 2 heteroatoms. The van der Waals surface area contributed by atoms with Gasteiger partial charge in [-0.3, -0.25) is 0 Å². The van der Waals surface area contributed by atoms with Crippen molar-refractivity contribution < 1.29 is 0 Å². The Morgan fingerprint density at radius 1 is 1.44 bits per heavy atom. The zero-order valence-electron chi connectivity index (χ0n) is 5.62. The summed E-state index contributed by atoms with van der Waals surface area (Å²) in [7, 11) is 0. The molecule has 50 valence electrons. The number of nitrogens with zero attached hydrogens (tertiary/aromatic N) is 1. The summed E-state index contributed by atoms with van der Waals surface area (Å²) in [5.74, 6) is 0. The van der Waals surface area contributed by atoms with Crippen LogP contribution in [0, 0.1) is 0 Å². The van der Waals surface area contributed by atoms with Gasteiger partial charge in [0.2, 0.25) is 0 Å². The number of nitrogens with two attached hydrogens (primary N) is 1. The highest BCUT2D eigenvalue weighted by atomic mass is 15.0. The molecule has 0 aliphatic heterocycles. The maximum atomic E-state index is 5.56. The van der Waals surface area contributed by atoms with Gasteiger partial charge < -0.3 is 10.3 Å². The van der Waals surface area contributed by atoms with E-state index in [2.05, 4.69) is 4.57 Å².